The summed E-state index contributed by atoms with van der Waals surface area (Å²) in [5, 5.41) is 0.620. The van der Waals surface area contributed by atoms with E-state index in [-0.39, 0.29) is 18.4 Å². The molecule has 0 saturated heterocycles. The van der Waals surface area contributed by atoms with Gasteiger partial charge in [-0.05, 0) is 42.7 Å². The van der Waals surface area contributed by atoms with Crippen molar-refractivity contribution in [3.63, 3.8) is 0 Å². The largest absolute Gasteiger partial charge is 0.496 e. The number of rotatable bonds is 6. The third-order valence-corrected chi connectivity index (χ3v) is 4.53. The number of ether oxygens (including phenoxy) is 2. The van der Waals surface area contributed by atoms with Gasteiger partial charge < -0.3 is 9.47 Å². The number of para-hydroxylation sites is 1. The van der Waals surface area contributed by atoms with E-state index in [2.05, 4.69) is 0 Å². The van der Waals surface area contributed by atoms with Gasteiger partial charge in [-0.15, -0.1) is 0 Å². The smallest absolute Gasteiger partial charge is 0.317 e. The minimum atomic E-state index is -0.633. The lowest BCUT2D eigenvalue weighted by Crippen LogP contribution is -2.26. The maximum atomic E-state index is 12.5. The second kappa shape index (κ2) is 6.65. The highest BCUT2D eigenvalue weighted by atomic mass is 35.5. The van der Waals surface area contributed by atoms with Gasteiger partial charge in [-0.2, -0.15) is 0 Å². The van der Waals surface area contributed by atoms with E-state index >= 15 is 0 Å². The lowest BCUT2D eigenvalue weighted by Gasteiger charge is -2.15. The van der Waals surface area contributed by atoms with E-state index in [0.717, 1.165) is 18.4 Å². The molecule has 0 aliphatic heterocycles. The molecule has 24 heavy (non-hydrogen) atoms. The molecule has 0 heterocycles. The molecular weight excluding hydrogens is 328 g/mol. The Morgan fingerprint density at radius 3 is 2.38 bits per heavy atom. The predicted molar refractivity (Wildman–Crippen MR) is 90.6 cm³/mol. The normalized spacial score (nSPS) is 14.8. The predicted octanol–water partition coefficient (Wildman–Crippen LogP) is 3.81. The molecular formula is C19H17ClO4. The molecule has 1 fully saturated rings. The first-order valence-electron chi connectivity index (χ1n) is 7.66. The number of Topliss-reactive ketones (excluding diaryl/α,β-unsaturated/α-hetero) is 1. The van der Waals surface area contributed by atoms with E-state index in [1.165, 1.54) is 7.11 Å². The molecule has 1 aliphatic carbocycles. The van der Waals surface area contributed by atoms with Crippen molar-refractivity contribution < 1.29 is 19.1 Å². The van der Waals surface area contributed by atoms with Gasteiger partial charge in [0.1, 0.15) is 5.75 Å². The van der Waals surface area contributed by atoms with Gasteiger partial charge in [-0.25, -0.2) is 0 Å². The van der Waals surface area contributed by atoms with Gasteiger partial charge in [0.25, 0.3) is 0 Å². The SMILES string of the molecule is COc1ccccc1C(=O)COC(=O)C1(c2ccc(Cl)cc2)CC1. The number of carbonyl (C=O) groups excluding carboxylic acids is 2. The van der Waals surface area contributed by atoms with Crippen LogP contribution < -0.4 is 4.74 Å². The Bertz CT molecular complexity index is 763. The highest BCUT2D eigenvalue weighted by Crippen LogP contribution is 2.49. The Balaban J connectivity index is 1.67. The average Bonchev–Trinajstić information content (AvgIpc) is 3.42. The molecule has 3 rings (SSSR count). The van der Waals surface area contributed by atoms with Gasteiger partial charge in [0.05, 0.1) is 18.1 Å². The number of halogens is 1. The van der Waals surface area contributed by atoms with Crippen molar-refractivity contribution in [1.82, 2.24) is 0 Å². The minimum Gasteiger partial charge on any atom is -0.496 e. The molecule has 0 amide bonds. The lowest BCUT2D eigenvalue weighted by atomic mass is 9.96. The molecule has 0 spiro atoms. The summed E-state index contributed by atoms with van der Waals surface area (Å²) < 4.78 is 10.5. The molecule has 0 bridgehead atoms. The molecule has 0 N–H and O–H groups in total. The first kappa shape index (κ1) is 16.5. The van der Waals surface area contributed by atoms with Crippen LogP contribution in [-0.4, -0.2) is 25.5 Å². The summed E-state index contributed by atoms with van der Waals surface area (Å²) in [5.74, 6) is -0.182. The lowest BCUT2D eigenvalue weighted by molar-refractivity contribution is -0.145. The zero-order chi connectivity index (χ0) is 17.2. The Hall–Kier alpha value is -2.33. The van der Waals surface area contributed by atoms with Gasteiger partial charge in [-0.1, -0.05) is 35.9 Å². The van der Waals surface area contributed by atoms with Crippen molar-refractivity contribution in [3.05, 3.63) is 64.7 Å². The van der Waals surface area contributed by atoms with E-state index in [1.807, 2.05) is 12.1 Å². The number of hydrogen-bond donors (Lipinski definition) is 0. The number of ketones is 1. The second-order valence-electron chi connectivity index (χ2n) is 5.79. The second-order valence-corrected chi connectivity index (χ2v) is 6.23. The van der Waals surface area contributed by atoms with Crippen LogP contribution in [0.4, 0.5) is 0 Å². The van der Waals surface area contributed by atoms with Crippen LogP contribution in [0.3, 0.4) is 0 Å². The van der Waals surface area contributed by atoms with Gasteiger partial charge in [0.2, 0.25) is 5.78 Å². The summed E-state index contributed by atoms with van der Waals surface area (Å²) in [6, 6.07) is 14.0. The van der Waals surface area contributed by atoms with Crippen LogP contribution in [0.15, 0.2) is 48.5 Å². The topological polar surface area (TPSA) is 52.6 Å². The molecule has 5 heteroatoms. The highest BCUT2D eigenvalue weighted by Gasteiger charge is 2.52. The van der Waals surface area contributed by atoms with E-state index in [1.54, 1.807) is 36.4 Å². The van der Waals surface area contributed by atoms with Crippen LogP contribution in [0, 0.1) is 0 Å². The van der Waals surface area contributed by atoms with Crippen molar-refractivity contribution in [1.29, 1.82) is 0 Å². The zero-order valence-electron chi connectivity index (χ0n) is 13.3. The van der Waals surface area contributed by atoms with Crippen LogP contribution in [-0.2, 0) is 14.9 Å². The highest BCUT2D eigenvalue weighted by molar-refractivity contribution is 6.30. The third kappa shape index (κ3) is 3.15. The zero-order valence-corrected chi connectivity index (χ0v) is 14.0. The van der Waals surface area contributed by atoms with Gasteiger partial charge >= 0.3 is 5.97 Å². The van der Waals surface area contributed by atoms with Crippen LogP contribution in [0.2, 0.25) is 5.02 Å². The van der Waals surface area contributed by atoms with Gasteiger partial charge in [0.15, 0.2) is 6.61 Å². The monoisotopic (exact) mass is 344 g/mol. The third-order valence-electron chi connectivity index (χ3n) is 4.28. The molecule has 1 saturated carbocycles. The number of benzene rings is 2. The van der Waals surface area contributed by atoms with Crippen LogP contribution in [0.25, 0.3) is 0 Å². The Labute approximate surface area is 145 Å². The molecule has 1 aliphatic rings. The summed E-state index contributed by atoms with van der Waals surface area (Å²) in [4.78, 5) is 24.7. The van der Waals surface area contributed by atoms with Crippen LogP contribution >= 0.6 is 11.6 Å². The first-order chi connectivity index (χ1) is 11.6. The molecule has 0 radical (unpaired) electrons. The quantitative estimate of drug-likeness (QED) is 0.590. The fourth-order valence-electron chi connectivity index (χ4n) is 2.73. The molecule has 0 atom stereocenters. The van der Waals surface area contributed by atoms with Crippen LogP contribution in [0.5, 0.6) is 5.75 Å². The molecule has 4 nitrogen and oxygen atoms in total. The number of esters is 1. The summed E-state index contributed by atoms with van der Waals surface area (Å²) in [5.41, 5.74) is 0.650. The van der Waals surface area contributed by atoms with Crippen molar-refractivity contribution in [3.8, 4) is 5.75 Å². The summed E-state index contributed by atoms with van der Waals surface area (Å²) in [7, 11) is 1.50. The summed E-state index contributed by atoms with van der Waals surface area (Å²) in [6.07, 6.45) is 1.44. The van der Waals surface area contributed by atoms with E-state index in [9.17, 15) is 9.59 Å². The molecule has 0 unspecified atom stereocenters. The molecule has 124 valence electrons. The van der Waals surface area contributed by atoms with E-state index < -0.39 is 5.41 Å². The van der Waals surface area contributed by atoms with E-state index in [4.69, 9.17) is 21.1 Å². The molecule has 2 aromatic carbocycles. The first-order valence-corrected chi connectivity index (χ1v) is 8.04. The van der Waals surface area contributed by atoms with Crippen molar-refractivity contribution >= 4 is 23.4 Å². The van der Waals surface area contributed by atoms with Gasteiger partial charge in [-0.3, -0.25) is 9.59 Å². The summed E-state index contributed by atoms with van der Waals surface area (Å²) in [6.45, 7) is -0.297. The standard InChI is InChI=1S/C19H17ClO4/c1-23-17-5-3-2-4-15(17)16(21)12-24-18(22)19(10-11-19)13-6-8-14(20)9-7-13/h2-9H,10-12H2,1H3. The number of carbonyl (C=O) groups is 2. The van der Waals surface area contributed by atoms with Crippen molar-refractivity contribution in [2.75, 3.05) is 13.7 Å². The van der Waals surface area contributed by atoms with E-state index in [0.29, 0.717) is 16.3 Å². The Morgan fingerprint density at radius 1 is 1.08 bits per heavy atom. The fraction of sp³-hybridized carbons (Fsp3) is 0.263. The minimum absolute atomic E-state index is 0.285. The van der Waals surface area contributed by atoms with Crippen molar-refractivity contribution in [2.24, 2.45) is 0 Å². The summed E-state index contributed by atoms with van der Waals surface area (Å²) >= 11 is 5.89. The maximum Gasteiger partial charge on any atom is 0.317 e. The maximum absolute atomic E-state index is 12.5. The molecule has 2 aromatic rings. The van der Waals surface area contributed by atoms with Crippen LogP contribution in [0.1, 0.15) is 28.8 Å². The molecule has 0 aromatic heterocycles. The number of hydrogen-bond acceptors (Lipinski definition) is 4. The number of methoxy groups -OCH3 is 1. The fourth-order valence-corrected chi connectivity index (χ4v) is 2.85. The van der Waals surface area contributed by atoms with Gasteiger partial charge in [0, 0.05) is 5.02 Å². The Morgan fingerprint density at radius 2 is 1.75 bits per heavy atom. The van der Waals surface area contributed by atoms with Crippen molar-refractivity contribution in [2.45, 2.75) is 18.3 Å². The Kier molecular flexibility index (Phi) is 4.58. The average molecular weight is 345 g/mol.